The Morgan fingerprint density at radius 3 is 2.33 bits per heavy atom. The first-order valence-corrected chi connectivity index (χ1v) is 6.63. The maximum atomic E-state index is 11.0. The summed E-state index contributed by atoms with van der Waals surface area (Å²) in [6.07, 6.45) is -0.892. The summed E-state index contributed by atoms with van der Waals surface area (Å²) in [5, 5.41) is 11.0. The highest BCUT2D eigenvalue weighted by atomic mass is 16.7. The second-order valence-electron chi connectivity index (χ2n) is 4.84. The number of methoxy groups -OCH3 is 4. The quantitative estimate of drug-likeness (QED) is 0.820. The van der Waals surface area contributed by atoms with Crippen LogP contribution < -0.4 is 0 Å². The Balaban J connectivity index is 2.40. The fourth-order valence-corrected chi connectivity index (χ4v) is 2.78. The first-order valence-electron chi connectivity index (χ1n) is 6.63. The molecule has 1 aromatic rings. The highest BCUT2D eigenvalue weighted by Gasteiger charge is 2.57. The van der Waals surface area contributed by atoms with E-state index in [0.717, 1.165) is 0 Å². The summed E-state index contributed by atoms with van der Waals surface area (Å²) >= 11 is 0. The van der Waals surface area contributed by atoms with E-state index in [1.807, 2.05) is 0 Å². The third-order valence-corrected chi connectivity index (χ3v) is 3.71. The van der Waals surface area contributed by atoms with Gasteiger partial charge < -0.3 is 33.2 Å². The molecular formula is C14H22O7. The van der Waals surface area contributed by atoms with Gasteiger partial charge in [-0.3, -0.25) is 0 Å². The van der Waals surface area contributed by atoms with Crippen molar-refractivity contribution < 1.29 is 33.2 Å². The summed E-state index contributed by atoms with van der Waals surface area (Å²) in [6, 6.07) is 3.29. The van der Waals surface area contributed by atoms with Crippen molar-refractivity contribution in [3.63, 3.8) is 0 Å². The number of hydrogen-bond acceptors (Lipinski definition) is 7. The molecule has 1 N–H and O–H groups in total. The number of aliphatic hydroxyl groups is 1. The first-order chi connectivity index (χ1) is 10.1. The Morgan fingerprint density at radius 2 is 1.86 bits per heavy atom. The predicted octanol–water partition coefficient (Wildman–Crippen LogP) is 0.515. The van der Waals surface area contributed by atoms with Crippen molar-refractivity contribution in [1.29, 1.82) is 0 Å². The van der Waals surface area contributed by atoms with Crippen molar-refractivity contribution in [1.82, 2.24) is 0 Å². The van der Waals surface area contributed by atoms with Crippen LogP contribution in [0, 0.1) is 0 Å². The Bertz CT molecular complexity index is 421. The molecule has 5 atom stereocenters. The highest BCUT2D eigenvalue weighted by Crippen LogP contribution is 2.39. The van der Waals surface area contributed by atoms with Crippen LogP contribution in [0.3, 0.4) is 0 Å². The van der Waals surface area contributed by atoms with Crippen LogP contribution in [0.25, 0.3) is 0 Å². The van der Waals surface area contributed by atoms with Crippen LogP contribution in [0.5, 0.6) is 0 Å². The standard InChI is InChI=1S/C14H22O7/c1-16-8-9-11(17-2)12(18-3)13(19-4)14(15,21-9)10-6-5-7-20-10/h5-7,9,11-13,15H,8H2,1-4H3/t9-,11-,12+,13+,14?/m1/s1. The lowest BCUT2D eigenvalue weighted by Crippen LogP contribution is -2.65. The zero-order valence-electron chi connectivity index (χ0n) is 12.6. The van der Waals surface area contributed by atoms with Gasteiger partial charge in [0.1, 0.15) is 24.4 Å². The molecule has 0 aliphatic carbocycles. The van der Waals surface area contributed by atoms with Gasteiger partial charge in [0.05, 0.1) is 12.9 Å². The van der Waals surface area contributed by atoms with Crippen LogP contribution in [0.15, 0.2) is 22.8 Å². The summed E-state index contributed by atoms with van der Waals surface area (Å²) < 4.78 is 32.6. The van der Waals surface area contributed by atoms with Crippen molar-refractivity contribution in [2.45, 2.75) is 30.2 Å². The molecule has 0 amide bonds. The van der Waals surface area contributed by atoms with Crippen molar-refractivity contribution in [2.75, 3.05) is 35.0 Å². The zero-order valence-corrected chi connectivity index (χ0v) is 12.6. The first kappa shape index (κ1) is 16.4. The second kappa shape index (κ2) is 6.87. The molecule has 2 heterocycles. The minimum absolute atomic E-state index is 0.234. The number of hydrogen-bond donors (Lipinski definition) is 1. The van der Waals surface area contributed by atoms with Crippen molar-refractivity contribution in [2.24, 2.45) is 0 Å². The molecule has 1 fully saturated rings. The molecule has 2 rings (SSSR count). The van der Waals surface area contributed by atoms with Crippen molar-refractivity contribution in [3.8, 4) is 0 Å². The summed E-state index contributed by atoms with van der Waals surface area (Å²) in [5.74, 6) is -1.54. The summed E-state index contributed by atoms with van der Waals surface area (Å²) in [6.45, 7) is 0.234. The van der Waals surface area contributed by atoms with Gasteiger partial charge in [-0.2, -0.15) is 0 Å². The van der Waals surface area contributed by atoms with Crippen LogP contribution in [0.1, 0.15) is 5.76 Å². The third kappa shape index (κ3) is 2.85. The topological polar surface area (TPSA) is 79.5 Å². The van der Waals surface area contributed by atoms with Gasteiger partial charge in [-0.15, -0.1) is 0 Å². The summed E-state index contributed by atoms with van der Waals surface area (Å²) in [7, 11) is 6.09. The lowest BCUT2D eigenvalue weighted by molar-refractivity contribution is -0.372. The van der Waals surface area contributed by atoms with Gasteiger partial charge in [-0.05, 0) is 12.1 Å². The van der Waals surface area contributed by atoms with Gasteiger partial charge >= 0.3 is 0 Å². The number of rotatable bonds is 6. The third-order valence-electron chi connectivity index (χ3n) is 3.71. The van der Waals surface area contributed by atoms with E-state index >= 15 is 0 Å². The Hall–Kier alpha value is -0.960. The summed E-state index contributed by atoms with van der Waals surface area (Å²) in [4.78, 5) is 0. The van der Waals surface area contributed by atoms with E-state index in [4.69, 9.17) is 28.1 Å². The van der Waals surface area contributed by atoms with Crippen LogP contribution in [0.4, 0.5) is 0 Å². The Labute approximate surface area is 123 Å². The van der Waals surface area contributed by atoms with Crippen LogP contribution in [0.2, 0.25) is 0 Å². The molecule has 0 bridgehead atoms. The van der Waals surface area contributed by atoms with Crippen LogP contribution in [-0.2, 0) is 29.5 Å². The molecule has 0 aromatic carbocycles. The van der Waals surface area contributed by atoms with E-state index in [1.54, 1.807) is 26.4 Å². The zero-order chi connectivity index (χ0) is 15.5. The normalized spacial score (nSPS) is 36.8. The van der Waals surface area contributed by atoms with E-state index in [2.05, 4.69) is 0 Å². The Kier molecular flexibility index (Phi) is 5.37. The molecule has 7 heteroatoms. The smallest absolute Gasteiger partial charge is 0.256 e. The molecule has 1 aromatic heterocycles. The van der Waals surface area contributed by atoms with Crippen LogP contribution >= 0.6 is 0 Å². The number of ether oxygens (including phenoxy) is 5. The van der Waals surface area contributed by atoms with E-state index in [9.17, 15) is 5.11 Å². The van der Waals surface area contributed by atoms with E-state index in [0.29, 0.717) is 0 Å². The molecule has 0 saturated carbocycles. The average Bonchev–Trinajstić information content (AvgIpc) is 3.01. The fraction of sp³-hybridized carbons (Fsp3) is 0.714. The maximum Gasteiger partial charge on any atom is 0.256 e. The molecule has 1 aliphatic rings. The molecule has 0 radical (unpaired) electrons. The van der Waals surface area contributed by atoms with E-state index in [-0.39, 0.29) is 12.4 Å². The molecule has 1 saturated heterocycles. The van der Waals surface area contributed by atoms with Gasteiger partial charge in [-0.25, -0.2) is 0 Å². The monoisotopic (exact) mass is 302 g/mol. The molecule has 7 nitrogen and oxygen atoms in total. The van der Waals surface area contributed by atoms with Gasteiger partial charge in [-0.1, -0.05) is 0 Å². The SMILES string of the molecule is COC[C@H]1OC(O)(c2ccco2)[C@@H](OC)[C@@H](OC)[C@@H]1OC. The van der Waals surface area contributed by atoms with Gasteiger partial charge in [0, 0.05) is 28.4 Å². The molecular weight excluding hydrogens is 280 g/mol. The average molecular weight is 302 g/mol. The molecule has 0 spiro atoms. The fourth-order valence-electron chi connectivity index (χ4n) is 2.78. The van der Waals surface area contributed by atoms with Crippen LogP contribution in [-0.4, -0.2) is 64.6 Å². The van der Waals surface area contributed by atoms with Gasteiger partial charge in [0.15, 0.2) is 5.76 Å². The largest absolute Gasteiger partial charge is 0.464 e. The van der Waals surface area contributed by atoms with E-state index in [1.165, 1.54) is 20.5 Å². The molecule has 1 unspecified atom stereocenters. The minimum atomic E-state index is -1.78. The van der Waals surface area contributed by atoms with Gasteiger partial charge in [0.2, 0.25) is 0 Å². The van der Waals surface area contributed by atoms with Gasteiger partial charge in [0.25, 0.3) is 5.79 Å². The van der Waals surface area contributed by atoms with Crippen molar-refractivity contribution >= 4 is 0 Å². The highest BCUT2D eigenvalue weighted by molar-refractivity contribution is 5.13. The number of furan rings is 1. The molecule has 21 heavy (non-hydrogen) atoms. The molecule has 120 valence electrons. The van der Waals surface area contributed by atoms with Crippen molar-refractivity contribution in [3.05, 3.63) is 24.2 Å². The summed E-state index contributed by atoms with van der Waals surface area (Å²) in [5.41, 5.74) is 0. The lowest BCUT2D eigenvalue weighted by Gasteiger charge is -2.48. The molecule has 1 aliphatic heterocycles. The Morgan fingerprint density at radius 1 is 1.14 bits per heavy atom. The van der Waals surface area contributed by atoms with E-state index < -0.39 is 30.2 Å². The second-order valence-corrected chi connectivity index (χ2v) is 4.84. The lowest BCUT2D eigenvalue weighted by atomic mass is 9.90. The predicted molar refractivity (Wildman–Crippen MR) is 71.7 cm³/mol. The maximum absolute atomic E-state index is 11.0. The minimum Gasteiger partial charge on any atom is -0.464 e.